The molecular weight excluding hydrogens is 215 g/mol. The van der Waals surface area contributed by atoms with Crippen LogP contribution in [0.4, 0.5) is 4.39 Å². The number of phenols is 1. The van der Waals surface area contributed by atoms with Gasteiger partial charge in [0.25, 0.3) is 0 Å². The second-order valence-electron chi connectivity index (χ2n) is 3.57. The van der Waals surface area contributed by atoms with Gasteiger partial charge >= 0.3 is 5.97 Å². The molecule has 88 valence electrons. The van der Waals surface area contributed by atoms with Crippen LogP contribution in [0.15, 0.2) is 12.1 Å². The Morgan fingerprint density at radius 2 is 2.19 bits per heavy atom. The number of hydrogen-bond donors (Lipinski definition) is 2. The maximum atomic E-state index is 13.3. The third-order valence-electron chi connectivity index (χ3n) is 2.25. The van der Waals surface area contributed by atoms with E-state index < -0.39 is 17.7 Å². The molecule has 0 aliphatic carbocycles. The number of carbonyl (C=O) groups is 1. The van der Waals surface area contributed by atoms with E-state index in [4.69, 9.17) is 5.11 Å². The van der Waals surface area contributed by atoms with Gasteiger partial charge in [0.15, 0.2) is 17.3 Å². The lowest BCUT2D eigenvalue weighted by Crippen LogP contribution is -2.12. The first-order valence-electron chi connectivity index (χ1n) is 4.74. The summed E-state index contributed by atoms with van der Waals surface area (Å²) in [5.41, 5.74) is 0.422. The number of methoxy groups -OCH3 is 1. The van der Waals surface area contributed by atoms with E-state index in [1.54, 1.807) is 0 Å². The molecule has 1 aromatic rings. The van der Waals surface area contributed by atoms with Gasteiger partial charge in [0, 0.05) is 0 Å². The van der Waals surface area contributed by atoms with Gasteiger partial charge in [-0.3, -0.25) is 4.79 Å². The van der Waals surface area contributed by atoms with Gasteiger partial charge in [-0.2, -0.15) is 0 Å². The minimum absolute atomic E-state index is 0.157. The molecule has 0 aliphatic heterocycles. The summed E-state index contributed by atoms with van der Waals surface area (Å²) in [6, 6.07) is 2.47. The molecule has 0 saturated heterocycles. The molecule has 16 heavy (non-hydrogen) atoms. The molecule has 1 aromatic carbocycles. The van der Waals surface area contributed by atoms with Crippen LogP contribution in [0.25, 0.3) is 0 Å². The van der Waals surface area contributed by atoms with Crippen molar-refractivity contribution in [1.29, 1.82) is 0 Å². The summed E-state index contributed by atoms with van der Waals surface area (Å²) in [7, 11) is 1.25. The fourth-order valence-electron chi connectivity index (χ4n) is 1.39. The number of halogens is 1. The smallest absolute Gasteiger partial charge is 0.306 e. The zero-order valence-electron chi connectivity index (χ0n) is 9.03. The molecular formula is C11H13FO4. The Morgan fingerprint density at radius 3 is 2.62 bits per heavy atom. The van der Waals surface area contributed by atoms with Crippen molar-refractivity contribution in [2.24, 2.45) is 5.92 Å². The van der Waals surface area contributed by atoms with Crippen molar-refractivity contribution in [3.63, 3.8) is 0 Å². The number of benzene rings is 1. The number of rotatable bonds is 4. The van der Waals surface area contributed by atoms with Gasteiger partial charge in [-0.25, -0.2) is 4.39 Å². The number of hydrogen-bond acceptors (Lipinski definition) is 3. The summed E-state index contributed by atoms with van der Waals surface area (Å²) in [4.78, 5) is 10.6. The van der Waals surface area contributed by atoms with Crippen molar-refractivity contribution in [2.75, 3.05) is 7.11 Å². The van der Waals surface area contributed by atoms with Gasteiger partial charge in [0.2, 0.25) is 0 Å². The van der Waals surface area contributed by atoms with Crippen LogP contribution in [0, 0.1) is 11.7 Å². The highest BCUT2D eigenvalue weighted by Crippen LogP contribution is 2.30. The Kier molecular flexibility index (Phi) is 3.71. The van der Waals surface area contributed by atoms with Crippen molar-refractivity contribution in [3.05, 3.63) is 23.5 Å². The largest absolute Gasteiger partial charge is 0.504 e. The topological polar surface area (TPSA) is 66.8 Å². The van der Waals surface area contributed by atoms with E-state index in [1.165, 1.54) is 20.1 Å². The summed E-state index contributed by atoms with van der Waals surface area (Å²) < 4.78 is 18.0. The summed E-state index contributed by atoms with van der Waals surface area (Å²) in [6.45, 7) is 1.52. The van der Waals surface area contributed by atoms with Crippen LogP contribution in [0.3, 0.4) is 0 Å². The summed E-state index contributed by atoms with van der Waals surface area (Å²) in [5.74, 6) is -2.85. The van der Waals surface area contributed by atoms with Crippen molar-refractivity contribution >= 4 is 5.97 Å². The molecule has 0 bridgehead atoms. The highest BCUT2D eigenvalue weighted by atomic mass is 19.1. The van der Waals surface area contributed by atoms with E-state index in [2.05, 4.69) is 4.74 Å². The molecule has 4 nitrogen and oxygen atoms in total. The van der Waals surface area contributed by atoms with Crippen LogP contribution in [0.2, 0.25) is 0 Å². The van der Waals surface area contributed by atoms with Crippen molar-refractivity contribution < 1.29 is 24.1 Å². The summed E-state index contributed by atoms with van der Waals surface area (Å²) >= 11 is 0. The lowest BCUT2D eigenvalue weighted by molar-refractivity contribution is -0.141. The van der Waals surface area contributed by atoms with Gasteiger partial charge in [-0.05, 0) is 24.1 Å². The lowest BCUT2D eigenvalue weighted by atomic mass is 10.0. The Morgan fingerprint density at radius 1 is 1.56 bits per heavy atom. The third-order valence-corrected chi connectivity index (χ3v) is 2.25. The number of aromatic hydroxyl groups is 1. The minimum Gasteiger partial charge on any atom is -0.504 e. The quantitative estimate of drug-likeness (QED) is 0.824. The second kappa shape index (κ2) is 4.83. The molecule has 0 radical (unpaired) electrons. The molecule has 1 rings (SSSR count). The van der Waals surface area contributed by atoms with E-state index in [9.17, 15) is 14.3 Å². The van der Waals surface area contributed by atoms with E-state index in [0.717, 1.165) is 6.07 Å². The van der Waals surface area contributed by atoms with Gasteiger partial charge in [0.05, 0.1) is 13.0 Å². The first-order valence-corrected chi connectivity index (χ1v) is 4.74. The molecule has 0 heterocycles. The van der Waals surface area contributed by atoms with Crippen molar-refractivity contribution in [3.8, 4) is 11.5 Å². The fraction of sp³-hybridized carbons (Fsp3) is 0.364. The fourth-order valence-corrected chi connectivity index (χ4v) is 1.39. The first kappa shape index (κ1) is 12.3. The molecule has 1 unspecified atom stereocenters. The van der Waals surface area contributed by atoms with Gasteiger partial charge in [-0.1, -0.05) is 6.92 Å². The van der Waals surface area contributed by atoms with Crippen LogP contribution in [0.1, 0.15) is 12.5 Å². The van der Waals surface area contributed by atoms with Gasteiger partial charge in [0.1, 0.15) is 0 Å². The Labute approximate surface area is 92.3 Å². The second-order valence-corrected chi connectivity index (χ2v) is 3.57. The normalized spacial score (nSPS) is 12.2. The molecule has 0 spiro atoms. The van der Waals surface area contributed by atoms with Crippen LogP contribution in [-0.4, -0.2) is 23.3 Å². The maximum Gasteiger partial charge on any atom is 0.306 e. The average Bonchev–Trinajstić information content (AvgIpc) is 2.16. The molecule has 2 N–H and O–H groups in total. The predicted octanol–water partition coefficient (Wildman–Crippen LogP) is 1.80. The van der Waals surface area contributed by atoms with Crippen molar-refractivity contribution in [2.45, 2.75) is 13.3 Å². The predicted molar refractivity (Wildman–Crippen MR) is 55.1 cm³/mol. The molecule has 0 saturated carbocycles. The van der Waals surface area contributed by atoms with Crippen LogP contribution in [-0.2, 0) is 11.2 Å². The summed E-state index contributed by atoms with van der Waals surface area (Å²) in [5, 5.41) is 18.1. The van der Waals surface area contributed by atoms with Crippen LogP contribution >= 0.6 is 0 Å². The highest BCUT2D eigenvalue weighted by molar-refractivity contribution is 5.70. The molecule has 0 amide bonds. The molecule has 5 heteroatoms. The SMILES string of the molecule is COc1c(O)cc(CC(C)C(=O)O)cc1F. The minimum atomic E-state index is -0.962. The summed E-state index contributed by atoms with van der Waals surface area (Å²) in [6.07, 6.45) is 0.157. The number of carboxylic acids is 1. The number of ether oxygens (including phenoxy) is 1. The number of carboxylic acid groups (broad SMARTS) is 1. The van der Waals surface area contributed by atoms with Gasteiger partial charge in [-0.15, -0.1) is 0 Å². The Bertz CT molecular complexity index is 380. The Hall–Kier alpha value is -1.78. The standard InChI is InChI=1S/C11H13FO4/c1-6(11(14)15)3-7-4-8(12)10(16-2)9(13)5-7/h4-6,13H,3H2,1-2H3,(H,14,15). The van der Waals surface area contributed by atoms with E-state index in [-0.39, 0.29) is 17.9 Å². The number of aliphatic carboxylic acids is 1. The van der Waals surface area contributed by atoms with Crippen LogP contribution < -0.4 is 4.74 Å². The van der Waals surface area contributed by atoms with E-state index in [1.807, 2.05) is 0 Å². The lowest BCUT2D eigenvalue weighted by Gasteiger charge is -2.09. The van der Waals surface area contributed by atoms with Crippen molar-refractivity contribution in [1.82, 2.24) is 0 Å². The monoisotopic (exact) mass is 228 g/mol. The third kappa shape index (κ3) is 2.62. The zero-order chi connectivity index (χ0) is 12.3. The van der Waals surface area contributed by atoms with Crippen LogP contribution in [0.5, 0.6) is 11.5 Å². The highest BCUT2D eigenvalue weighted by Gasteiger charge is 2.15. The molecule has 0 aromatic heterocycles. The zero-order valence-corrected chi connectivity index (χ0v) is 9.03. The molecule has 0 fully saturated rings. The average molecular weight is 228 g/mol. The first-order chi connectivity index (χ1) is 7.45. The number of phenolic OH excluding ortho intramolecular Hbond substituents is 1. The Balaban J connectivity index is 2.96. The van der Waals surface area contributed by atoms with E-state index >= 15 is 0 Å². The molecule has 1 atom stereocenters. The van der Waals surface area contributed by atoms with E-state index in [0.29, 0.717) is 5.56 Å². The maximum absolute atomic E-state index is 13.3. The van der Waals surface area contributed by atoms with Gasteiger partial charge < -0.3 is 14.9 Å². The molecule has 0 aliphatic rings.